The minimum atomic E-state index is 0. The van der Waals surface area contributed by atoms with E-state index < -0.39 is 0 Å². The number of aromatic hydroxyl groups is 1. The van der Waals surface area contributed by atoms with Gasteiger partial charge in [-0.25, -0.2) is 0 Å². The second-order valence-corrected chi connectivity index (χ2v) is 6.37. The van der Waals surface area contributed by atoms with Crippen LogP contribution in [0.2, 0.25) is 0 Å². The van der Waals surface area contributed by atoms with Crippen molar-refractivity contribution in [2.75, 3.05) is 13.6 Å². The van der Waals surface area contributed by atoms with Gasteiger partial charge in [-0.2, -0.15) is 0 Å². The van der Waals surface area contributed by atoms with E-state index in [1.165, 1.54) is 36.9 Å². The first-order valence-corrected chi connectivity index (χ1v) is 7.65. The molecule has 1 saturated heterocycles. The fourth-order valence-electron chi connectivity index (χ4n) is 4.76. The Kier molecular flexibility index (Phi) is 4.36. The normalized spacial score (nSPS) is 32.4. The van der Waals surface area contributed by atoms with Crippen LogP contribution in [0.1, 0.15) is 44.2 Å². The Labute approximate surface area is 128 Å². The highest BCUT2D eigenvalue weighted by atomic mass is 35.5. The minimum absolute atomic E-state index is 0. The topological polar surface area (TPSA) is 23.5 Å². The van der Waals surface area contributed by atoms with E-state index in [2.05, 4.69) is 31.9 Å². The molecule has 1 N–H and O–H groups in total. The lowest BCUT2D eigenvalue weighted by molar-refractivity contribution is 0.0257. The summed E-state index contributed by atoms with van der Waals surface area (Å²) in [7, 11) is 2.28. The number of fused-ring (bicyclic) bond motifs is 4. The third-order valence-corrected chi connectivity index (χ3v) is 5.78. The third-order valence-electron chi connectivity index (χ3n) is 5.78. The molecular weight excluding hydrogens is 270 g/mol. The Morgan fingerprint density at radius 2 is 2.10 bits per heavy atom. The van der Waals surface area contributed by atoms with Crippen LogP contribution < -0.4 is 0 Å². The van der Waals surface area contributed by atoms with Crippen molar-refractivity contribution in [2.45, 2.75) is 51.0 Å². The highest BCUT2D eigenvalue weighted by Crippen LogP contribution is 2.52. The van der Waals surface area contributed by atoms with Gasteiger partial charge in [-0.15, -0.1) is 12.4 Å². The first-order chi connectivity index (χ1) is 9.12. The van der Waals surface area contributed by atoms with Gasteiger partial charge in [0.15, 0.2) is 0 Å². The SMILES string of the molecule is CC[C@H]1[C@H]2Cc3ccc(O)cc3[C@]1(CC)CCN2C.Cl. The number of hydrogen-bond acceptors (Lipinski definition) is 2. The van der Waals surface area contributed by atoms with Gasteiger partial charge in [0.05, 0.1) is 0 Å². The standard InChI is InChI=1S/C17H25NO.ClH/c1-4-14-16-10-12-6-7-13(19)11-15(12)17(14,5-2)8-9-18(16)3;/h6-7,11,14,16,19H,4-5,8-10H2,1-3H3;1H/t14-,16+,17+;/m0./s1. The molecule has 0 saturated carbocycles. The molecule has 2 aliphatic rings. The van der Waals surface area contributed by atoms with Crippen molar-refractivity contribution < 1.29 is 5.11 Å². The maximum Gasteiger partial charge on any atom is 0.115 e. The molecule has 2 bridgehead atoms. The molecule has 3 atom stereocenters. The molecule has 112 valence electrons. The lowest BCUT2D eigenvalue weighted by Gasteiger charge is -2.56. The number of halogens is 1. The van der Waals surface area contributed by atoms with Crippen LogP contribution in [-0.4, -0.2) is 29.6 Å². The van der Waals surface area contributed by atoms with Gasteiger partial charge in [-0.05, 0) is 62.0 Å². The van der Waals surface area contributed by atoms with Gasteiger partial charge in [0.25, 0.3) is 0 Å². The van der Waals surface area contributed by atoms with E-state index in [1.807, 2.05) is 12.1 Å². The molecule has 1 aliphatic carbocycles. The van der Waals surface area contributed by atoms with E-state index in [1.54, 1.807) is 0 Å². The Morgan fingerprint density at radius 3 is 2.75 bits per heavy atom. The zero-order valence-electron chi connectivity index (χ0n) is 12.7. The maximum atomic E-state index is 9.90. The molecule has 0 radical (unpaired) electrons. The van der Waals surface area contributed by atoms with Gasteiger partial charge >= 0.3 is 0 Å². The zero-order valence-corrected chi connectivity index (χ0v) is 13.5. The van der Waals surface area contributed by atoms with Crippen LogP contribution in [0.5, 0.6) is 5.75 Å². The average molecular weight is 296 g/mol. The maximum absolute atomic E-state index is 9.90. The number of likely N-dealkylation sites (tertiary alicyclic amines) is 1. The van der Waals surface area contributed by atoms with Gasteiger partial charge in [0, 0.05) is 11.5 Å². The number of nitrogens with zero attached hydrogens (tertiary/aromatic N) is 1. The molecule has 0 spiro atoms. The van der Waals surface area contributed by atoms with E-state index in [4.69, 9.17) is 0 Å². The Bertz CT molecular complexity index is 490. The molecular formula is C17H26ClNO. The van der Waals surface area contributed by atoms with Crippen molar-refractivity contribution in [3.8, 4) is 5.75 Å². The van der Waals surface area contributed by atoms with Crippen molar-refractivity contribution in [2.24, 2.45) is 5.92 Å². The van der Waals surface area contributed by atoms with Gasteiger partial charge in [0.1, 0.15) is 5.75 Å². The summed E-state index contributed by atoms with van der Waals surface area (Å²) >= 11 is 0. The van der Waals surface area contributed by atoms with E-state index in [0.717, 1.165) is 12.3 Å². The summed E-state index contributed by atoms with van der Waals surface area (Å²) < 4.78 is 0. The lowest BCUT2D eigenvalue weighted by atomic mass is 9.55. The van der Waals surface area contributed by atoms with Crippen molar-refractivity contribution in [1.29, 1.82) is 0 Å². The average Bonchev–Trinajstić information content (AvgIpc) is 2.42. The molecule has 1 aliphatic heterocycles. The van der Waals surface area contributed by atoms with E-state index >= 15 is 0 Å². The van der Waals surface area contributed by atoms with Gasteiger partial charge in [-0.1, -0.05) is 26.3 Å². The number of hydrogen-bond donors (Lipinski definition) is 1. The highest BCUT2D eigenvalue weighted by Gasteiger charge is 2.50. The van der Waals surface area contributed by atoms with E-state index in [-0.39, 0.29) is 17.8 Å². The van der Waals surface area contributed by atoms with Crippen LogP contribution in [0.4, 0.5) is 0 Å². The van der Waals surface area contributed by atoms with Crippen molar-refractivity contribution in [3.63, 3.8) is 0 Å². The predicted molar refractivity (Wildman–Crippen MR) is 85.8 cm³/mol. The van der Waals surface area contributed by atoms with Crippen LogP contribution >= 0.6 is 12.4 Å². The summed E-state index contributed by atoms with van der Waals surface area (Å²) in [5.41, 5.74) is 3.19. The molecule has 0 unspecified atom stereocenters. The Hall–Kier alpha value is -0.730. The fourth-order valence-corrected chi connectivity index (χ4v) is 4.76. The molecule has 3 heteroatoms. The van der Waals surface area contributed by atoms with E-state index in [9.17, 15) is 5.11 Å². The number of benzene rings is 1. The zero-order chi connectivity index (χ0) is 13.6. The van der Waals surface area contributed by atoms with Crippen LogP contribution in [0.3, 0.4) is 0 Å². The van der Waals surface area contributed by atoms with E-state index in [0.29, 0.717) is 11.8 Å². The molecule has 20 heavy (non-hydrogen) atoms. The first-order valence-electron chi connectivity index (χ1n) is 7.65. The number of piperidine rings is 1. The number of likely N-dealkylation sites (N-methyl/N-ethyl adjacent to an activating group) is 1. The summed E-state index contributed by atoms with van der Waals surface area (Å²) in [6.45, 7) is 5.84. The monoisotopic (exact) mass is 295 g/mol. The third kappa shape index (κ3) is 2.05. The van der Waals surface area contributed by atoms with Crippen LogP contribution in [0.25, 0.3) is 0 Å². The summed E-state index contributed by atoms with van der Waals surface area (Å²) in [6, 6.07) is 6.72. The molecule has 1 aromatic carbocycles. The fraction of sp³-hybridized carbons (Fsp3) is 0.647. The predicted octanol–water partition coefficient (Wildman–Crippen LogP) is 3.75. The van der Waals surface area contributed by atoms with Crippen LogP contribution in [0.15, 0.2) is 18.2 Å². The van der Waals surface area contributed by atoms with Crippen LogP contribution in [-0.2, 0) is 11.8 Å². The Morgan fingerprint density at radius 1 is 1.35 bits per heavy atom. The number of phenols is 1. The molecule has 1 heterocycles. The summed E-state index contributed by atoms with van der Waals surface area (Å²) in [6.07, 6.45) is 4.79. The van der Waals surface area contributed by atoms with Crippen molar-refractivity contribution >= 4 is 12.4 Å². The minimum Gasteiger partial charge on any atom is -0.508 e. The quantitative estimate of drug-likeness (QED) is 0.898. The largest absolute Gasteiger partial charge is 0.508 e. The molecule has 1 fully saturated rings. The van der Waals surface area contributed by atoms with Crippen molar-refractivity contribution in [1.82, 2.24) is 4.90 Å². The summed E-state index contributed by atoms with van der Waals surface area (Å²) in [5.74, 6) is 1.16. The second kappa shape index (κ2) is 5.57. The summed E-state index contributed by atoms with van der Waals surface area (Å²) in [4.78, 5) is 2.55. The lowest BCUT2D eigenvalue weighted by Crippen LogP contribution is -2.58. The van der Waals surface area contributed by atoms with Gasteiger partial charge < -0.3 is 10.0 Å². The summed E-state index contributed by atoms with van der Waals surface area (Å²) in [5, 5.41) is 9.90. The molecule has 0 aromatic heterocycles. The van der Waals surface area contributed by atoms with Crippen LogP contribution in [0, 0.1) is 5.92 Å². The van der Waals surface area contributed by atoms with Gasteiger partial charge in [-0.3, -0.25) is 0 Å². The smallest absolute Gasteiger partial charge is 0.115 e. The molecule has 3 rings (SSSR count). The molecule has 0 amide bonds. The first kappa shape index (κ1) is 15.7. The number of rotatable bonds is 2. The highest BCUT2D eigenvalue weighted by molar-refractivity contribution is 5.85. The molecule has 1 aromatic rings. The second-order valence-electron chi connectivity index (χ2n) is 6.37. The number of phenolic OH excluding ortho intramolecular Hbond substituents is 1. The van der Waals surface area contributed by atoms with Crippen molar-refractivity contribution in [3.05, 3.63) is 29.3 Å². The molecule has 2 nitrogen and oxygen atoms in total. The van der Waals surface area contributed by atoms with Gasteiger partial charge in [0.2, 0.25) is 0 Å². The Balaban J connectivity index is 0.00000147.